The van der Waals surface area contributed by atoms with Crippen molar-refractivity contribution in [2.75, 3.05) is 18.0 Å². The molecule has 10 heteroatoms. The van der Waals surface area contributed by atoms with Gasteiger partial charge in [0.15, 0.2) is 5.69 Å². The van der Waals surface area contributed by atoms with Gasteiger partial charge in [-0.1, -0.05) is 0 Å². The van der Waals surface area contributed by atoms with Crippen molar-refractivity contribution in [3.05, 3.63) is 40.5 Å². The van der Waals surface area contributed by atoms with Crippen molar-refractivity contribution in [3.63, 3.8) is 0 Å². The molecule has 0 bridgehead atoms. The molecule has 1 fully saturated rings. The number of nitro groups is 1. The maximum Gasteiger partial charge on any atom is 0.389 e. The van der Waals surface area contributed by atoms with Crippen molar-refractivity contribution >= 4 is 17.6 Å². The van der Waals surface area contributed by atoms with Crippen LogP contribution in [0.3, 0.4) is 0 Å². The van der Waals surface area contributed by atoms with E-state index in [-0.39, 0.29) is 17.6 Å². The summed E-state index contributed by atoms with van der Waals surface area (Å²) in [5.74, 6) is -0.634. The molecule has 2 aromatic rings. The molecule has 23 heavy (non-hydrogen) atoms. The van der Waals surface area contributed by atoms with Crippen molar-refractivity contribution in [1.29, 1.82) is 0 Å². The van der Waals surface area contributed by atoms with E-state index in [1.165, 1.54) is 18.5 Å². The highest BCUT2D eigenvalue weighted by Crippen LogP contribution is 2.25. The van der Waals surface area contributed by atoms with Crippen molar-refractivity contribution in [3.8, 4) is 0 Å². The van der Waals surface area contributed by atoms with Gasteiger partial charge in [0.2, 0.25) is 0 Å². The summed E-state index contributed by atoms with van der Waals surface area (Å²) in [7, 11) is 0. The third-order valence-electron chi connectivity index (χ3n) is 3.80. The molecule has 2 aromatic heterocycles. The largest absolute Gasteiger partial charge is 0.476 e. The van der Waals surface area contributed by atoms with Gasteiger partial charge in [-0.2, -0.15) is 4.68 Å². The molecule has 1 aliphatic heterocycles. The Morgan fingerprint density at radius 2 is 2.04 bits per heavy atom. The Labute approximate surface area is 130 Å². The first-order chi connectivity index (χ1) is 11.0. The fourth-order valence-electron chi connectivity index (χ4n) is 2.58. The Morgan fingerprint density at radius 3 is 2.57 bits per heavy atom. The van der Waals surface area contributed by atoms with Gasteiger partial charge in [0, 0.05) is 13.1 Å². The second-order valence-corrected chi connectivity index (χ2v) is 5.19. The zero-order chi connectivity index (χ0) is 16.4. The molecular weight excluding hydrogens is 304 g/mol. The molecule has 3 heterocycles. The first kappa shape index (κ1) is 14.9. The van der Waals surface area contributed by atoms with Gasteiger partial charge in [0.1, 0.15) is 5.82 Å². The van der Waals surface area contributed by atoms with Crippen LogP contribution in [0.5, 0.6) is 0 Å². The van der Waals surface area contributed by atoms with Crippen molar-refractivity contribution in [2.24, 2.45) is 0 Å². The number of carboxylic acids is 1. The predicted octanol–water partition coefficient (Wildman–Crippen LogP) is 1.12. The summed E-state index contributed by atoms with van der Waals surface area (Å²) in [5, 5.41) is 23.5. The average molecular weight is 318 g/mol. The summed E-state index contributed by atoms with van der Waals surface area (Å²) in [6, 6.07) is 1.49. The van der Waals surface area contributed by atoms with Crippen LogP contribution >= 0.6 is 0 Å². The molecule has 1 N–H and O–H groups in total. The highest BCUT2D eigenvalue weighted by atomic mass is 16.6. The third kappa shape index (κ3) is 3.10. The Morgan fingerprint density at radius 1 is 1.30 bits per heavy atom. The number of hydrogen-bond acceptors (Lipinski definition) is 7. The number of carbonyl (C=O) groups is 1. The van der Waals surface area contributed by atoms with Crippen LogP contribution in [0.4, 0.5) is 11.6 Å². The second-order valence-electron chi connectivity index (χ2n) is 5.19. The molecule has 0 radical (unpaired) electrons. The number of aromatic nitrogens is 4. The molecule has 0 saturated carbocycles. The van der Waals surface area contributed by atoms with Crippen molar-refractivity contribution < 1.29 is 14.8 Å². The van der Waals surface area contributed by atoms with Gasteiger partial charge in [-0.25, -0.2) is 14.8 Å². The van der Waals surface area contributed by atoms with Gasteiger partial charge < -0.3 is 20.1 Å². The summed E-state index contributed by atoms with van der Waals surface area (Å²) in [6.07, 6.45) is 5.84. The van der Waals surface area contributed by atoms with Crippen LogP contribution in [0.1, 0.15) is 29.4 Å². The molecule has 0 spiro atoms. The van der Waals surface area contributed by atoms with E-state index in [0.29, 0.717) is 18.9 Å². The minimum absolute atomic E-state index is 0.0903. The van der Waals surface area contributed by atoms with Gasteiger partial charge in [-0.05, 0) is 17.8 Å². The zero-order valence-electron chi connectivity index (χ0n) is 12.1. The number of aromatic carboxylic acids is 1. The van der Waals surface area contributed by atoms with Crippen LogP contribution in [0.2, 0.25) is 0 Å². The lowest BCUT2D eigenvalue weighted by molar-refractivity contribution is -0.389. The number of carboxylic acid groups (broad SMARTS) is 1. The number of rotatable bonds is 4. The highest BCUT2D eigenvalue weighted by molar-refractivity contribution is 5.84. The Bertz CT molecular complexity index is 720. The molecule has 1 aliphatic rings. The first-order valence-corrected chi connectivity index (χ1v) is 7.04. The molecule has 0 amide bonds. The quantitative estimate of drug-likeness (QED) is 0.656. The van der Waals surface area contributed by atoms with Gasteiger partial charge >= 0.3 is 11.8 Å². The van der Waals surface area contributed by atoms with Crippen LogP contribution < -0.4 is 4.90 Å². The molecule has 120 valence electrons. The number of anilines is 1. The summed E-state index contributed by atoms with van der Waals surface area (Å²) < 4.78 is 1.63. The Balaban J connectivity index is 1.63. The maximum atomic E-state index is 10.8. The normalized spacial score (nSPS) is 15.6. The van der Waals surface area contributed by atoms with E-state index in [4.69, 9.17) is 5.11 Å². The number of hydrogen-bond donors (Lipinski definition) is 1. The van der Waals surface area contributed by atoms with E-state index < -0.39 is 10.9 Å². The number of nitrogens with zero attached hydrogens (tertiary/aromatic N) is 6. The molecule has 0 atom stereocenters. The Kier molecular flexibility index (Phi) is 3.87. The van der Waals surface area contributed by atoms with Crippen LogP contribution in [0, 0.1) is 10.1 Å². The standard InChI is InChI=1S/C13H14N6O4/c20-13(21)10-7-15-12(8-14-10)17-4-1-9(2-5-17)18-6-3-11(16-18)19(22)23/h3,6-9H,1-2,4-5H2,(H,20,21). The van der Waals surface area contributed by atoms with Crippen LogP contribution in [-0.2, 0) is 0 Å². The molecule has 0 unspecified atom stereocenters. The Hall–Kier alpha value is -3.04. The van der Waals surface area contributed by atoms with Gasteiger partial charge in [-0.15, -0.1) is 0 Å². The molecule has 1 saturated heterocycles. The maximum absolute atomic E-state index is 10.8. The van der Waals surface area contributed by atoms with E-state index in [1.54, 1.807) is 10.9 Å². The first-order valence-electron chi connectivity index (χ1n) is 7.04. The summed E-state index contributed by atoms with van der Waals surface area (Å²) in [6.45, 7) is 1.39. The monoisotopic (exact) mass is 318 g/mol. The lowest BCUT2D eigenvalue weighted by Gasteiger charge is -2.31. The van der Waals surface area contributed by atoms with Gasteiger partial charge in [0.25, 0.3) is 0 Å². The summed E-state index contributed by atoms with van der Waals surface area (Å²) in [5.41, 5.74) is -0.0903. The SMILES string of the molecule is O=C(O)c1cnc(N2CCC(n3ccc([N+](=O)[O-])n3)CC2)cn1. The van der Waals surface area contributed by atoms with E-state index in [2.05, 4.69) is 15.1 Å². The molecular formula is C13H14N6O4. The lowest BCUT2D eigenvalue weighted by atomic mass is 10.1. The molecule has 0 aromatic carbocycles. The van der Waals surface area contributed by atoms with Crippen LogP contribution in [0.25, 0.3) is 0 Å². The molecule has 0 aliphatic carbocycles. The fraction of sp³-hybridized carbons (Fsp3) is 0.385. The molecule has 3 rings (SSSR count). The summed E-state index contributed by atoms with van der Waals surface area (Å²) in [4.78, 5) is 30.9. The van der Waals surface area contributed by atoms with Crippen LogP contribution in [0.15, 0.2) is 24.7 Å². The average Bonchev–Trinajstić information content (AvgIpc) is 3.05. The number of piperidine rings is 1. The predicted molar refractivity (Wildman–Crippen MR) is 78.4 cm³/mol. The summed E-state index contributed by atoms with van der Waals surface area (Å²) >= 11 is 0. The fourth-order valence-corrected chi connectivity index (χ4v) is 2.58. The second kappa shape index (κ2) is 5.99. The smallest absolute Gasteiger partial charge is 0.389 e. The van der Waals surface area contributed by atoms with Crippen molar-refractivity contribution in [1.82, 2.24) is 19.7 Å². The highest BCUT2D eigenvalue weighted by Gasteiger charge is 2.25. The van der Waals surface area contributed by atoms with Gasteiger partial charge in [-0.3, -0.25) is 0 Å². The lowest BCUT2D eigenvalue weighted by Crippen LogP contribution is -2.35. The zero-order valence-corrected chi connectivity index (χ0v) is 12.1. The minimum atomic E-state index is -1.11. The van der Waals surface area contributed by atoms with E-state index >= 15 is 0 Å². The third-order valence-corrected chi connectivity index (χ3v) is 3.80. The topological polar surface area (TPSA) is 127 Å². The van der Waals surface area contributed by atoms with Crippen LogP contribution in [-0.4, -0.2) is 48.8 Å². The minimum Gasteiger partial charge on any atom is -0.476 e. The van der Waals surface area contributed by atoms with Gasteiger partial charge in [0.05, 0.1) is 35.8 Å². The molecule has 10 nitrogen and oxygen atoms in total. The van der Waals surface area contributed by atoms with Crippen molar-refractivity contribution in [2.45, 2.75) is 18.9 Å². The van der Waals surface area contributed by atoms with E-state index in [1.807, 2.05) is 4.90 Å². The van der Waals surface area contributed by atoms with E-state index in [0.717, 1.165) is 12.8 Å². The van der Waals surface area contributed by atoms with E-state index in [9.17, 15) is 14.9 Å².